The lowest BCUT2D eigenvalue weighted by Gasteiger charge is -2.30. The van der Waals surface area contributed by atoms with Crippen LogP contribution in [0.25, 0.3) is 0 Å². The zero-order valence-electron chi connectivity index (χ0n) is 14.6. The van der Waals surface area contributed by atoms with Gasteiger partial charge in [-0.15, -0.1) is 0 Å². The molecule has 0 aromatic carbocycles. The van der Waals surface area contributed by atoms with Crippen LogP contribution in [-0.4, -0.2) is 50.6 Å². The van der Waals surface area contributed by atoms with Crippen molar-refractivity contribution < 1.29 is 0 Å². The summed E-state index contributed by atoms with van der Waals surface area (Å²) in [6.07, 6.45) is 9.21. The average Bonchev–Trinajstić information content (AvgIpc) is 2.48. The number of hydrogen-bond donors (Lipinski definition) is 2. The summed E-state index contributed by atoms with van der Waals surface area (Å²) in [5, 5.41) is 7.02. The van der Waals surface area contributed by atoms with Gasteiger partial charge in [-0.2, -0.15) is 0 Å². The third-order valence-electron chi connectivity index (χ3n) is 4.38. The summed E-state index contributed by atoms with van der Waals surface area (Å²) in [6.45, 7) is 8.00. The van der Waals surface area contributed by atoms with Crippen molar-refractivity contribution in [3.05, 3.63) is 0 Å². The molecule has 1 saturated heterocycles. The van der Waals surface area contributed by atoms with Crippen molar-refractivity contribution in [3.63, 3.8) is 0 Å². The van der Waals surface area contributed by atoms with Crippen LogP contribution >= 0.6 is 0 Å². The molecule has 1 aliphatic heterocycles. The molecule has 124 valence electrons. The van der Waals surface area contributed by atoms with E-state index < -0.39 is 0 Å². The average molecular weight is 297 g/mol. The molecular formula is C17H36N4. The molecule has 1 aliphatic rings. The fourth-order valence-corrected chi connectivity index (χ4v) is 3.06. The molecule has 0 aromatic heterocycles. The maximum atomic E-state index is 4.36. The topological polar surface area (TPSA) is 39.7 Å². The largest absolute Gasteiger partial charge is 0.356 e. The lowest BCUT2D eigenvalue weighted by atomic mass is 9.98. The second-order valence-corrected chi connectivity index (χ2v) is 6.62. The summed E-state index contributed by atoms with van der Waals surface area (Å²) in [5.41, 5.74) is 0. The van der Waals surface area contributed by atoms with Crippen LogP contribution in [0.1, 0.15) is 58.8 Å². The summed E-state index contributed by atoms with van der Waals surface area (Å²) in [7, 11) is 4.09. The number of nitrogens with one attached hydrogen (secondary N) is 2. The Hall–Kier alpha value is -0.770. The lowest BCUT2D eigenvalue weighted by Crippen LogP contribution is -2.46. The van der Waals surface area contributed by atoms with Crippen LogP contribution in [0.15, 0.2) is 4.99 Å². The van der Waals surface area contributed by atoms with E-state index in [4.69, 9.17) is 0 Å². The molecule has 4 nitrogen and oxygen atoms in total. The number of piperidine rings is 1. The first-order valence-electron chi connectivity index (χ1n) is 8.81. The summed E-state index contributed by atoms with van der Waals surface area (Å²) < 4.78 is 0. The maximum absolute atomic E-state index is 4.36. The van der Waals surface area contributed by atoms with Crippen LogP contribution in [0.5, 0.6) is 0 Å². The molecule has 0 amide bonds. The van der Waals surface area contributed by atoms with E-state index >= 15 is 0 Å². The number of guanidine groups is 1. The van der Waals surface area contributed by atoms with E-state index in [-0.39, 0.29) is 0 Å². The molecule has 21 heavy (non-hydrogen) atoms. The summed E-state index contributed by atoms with van der Waals surface area (Å²) in [6, 6.07) is 0.502. The van der Waals surface area contributed by atoms with Gasteiger partial charge in [-0.25, -0.2) is 0 Å². The van der Waals surface area contributed by atoms with E-state index in [1.807, 2.05) is 7.05 Å². The highest BCUT2D eigenvalue weighted by atomic mass is 15.2. The Morgan fingerprint density at radius 1 is 1.33 bits per heavy atom. The predicted molar refractivity (Wildman–Crippen MR) is 92.9 cm³/mol. The van der Waals surface area contributed by atoms with Gasteiger partial charge in [0.05, 0.1) is 0 Å². The second-order valence-electron chi connectivity index (χ2n) is 6.62. The first-order valence-corrected chi connectivity index (χ1v) is 8.81. The van der Waals surface area contributed by atoms with Crippen molar-refractivity contribution in [1.82, 2.24) is 15.5 Å². The van der Waals surface area contributed by atoms with Crippen molar-refractivity contribution >= 4 is 5.96 Å². The standard InChI is InChI=1S/C17H36N4/c1-5-6-7-8-10-15(2)20-17(18-3)19-13-16-11-9-12-21(4)14-16/h15-16H,5-14H2,1-4H3,(H2,18,19,20). The summed E-state index contributed by atoms with van der Waals surface area (Å²) in [5.74, 6) is 1.72. The molecule has 4 heteroatoms. The van der Waals surface area contributed by atoms with E-state index in [9.17, 15) is 0 Å². The minimum Gasteiger partial charge on any atom is -0.356 e. The molecule has 0 bridgehead atoms. The maximum Gasteiger partial charge on any atom is 0.191 e. The van der Waals surface area contributed by atoms with Gasteiger partial charge in [-0.05, 0) is 45.7 Å². The van der Waals surface area contributed by atoms with E-state index in [2.05, 4.69) is 41.4 Å². The number of hydrogen-bond acceptors (Lipinski definition) is 2. The Balaban J connectivity index is 2.18. The molecular weight excluding hydrogens is 260 g/mol. The molecule has 2 atom stereocenters. The number of unbranched alkanes of at least 4 members (excludes halogenated alkanes) is 3. The van der Waals surface area contributed by atoms with Crippen LogP contribution in [0.2, 0.25) is 0 Å². The van der Waals surface area contributed by atoms with Gasteiger partial charge in [0, 0.05) is 26.2 Å². The molecule has 1 heterocycles. The van der Waals surface area contributed by atoms with Crippen LogP contribution in [-0.2, 0) is 0 Å². The molecule has 0 radical (unpaired) electrons. The van der Waals surface area contributed by atoms with E-state index in [0.717, 1.165) is 18.4 Å². The minimum absolute atomic E-state index is 0.502. The molecule has 0 spiro atoms. The smallest absolute Gasteiger partial charge is 0.191 e. The summed E-state index contributed by atoms with van der Waals surface area (Å²) >= 11 is 0. The molecule has 0 saturated carbocycles. The van der Waals surface area contributed by atoms with Crippen LogP contribution in [0.3, 0.4) is 0 Å². The minimum atomic E-state index is 0.502. The zero-order valence-corrected chi connectivity index (χ0v) is 14.6. The third-order valence-corrected chi connectivity index (χ3v) is 4.38. The van der Waals surface area contributed by atoms with E-state index in [0.29, 0.717) is 6.04 Å². The number of rotatable bonds is 8. The lowest BCUT2D eigenvalue weighted by molar-refractivity contribution is 0.210. The second kappa shape index (κ2) is 10.9. The van der Waals surface area contributed by atoms with Gasteiger partial charge in [0.2, 0.25) is 0 Å². The van der Waals surface area contributed by atoms with Gasteiger partial charge in [0.15, 0.2) is 5.96 Å². The highest BCUT2D eigenvalue weighted by Gasteiger charge is 2.17. The molecule has 1 rings (SSSR count). The number of aliphatic imine (C=N–C) groups is 1. The van der Waals surface area contributed by atoms with E-state index in [1.54, 1.807) is 0 Å². The first kappa shape index (κ1) is 18.3. The van der Waals surface area contributed by atoms with Gasteiger partial charge < -0.3 is 15.5 Å². The van der Waals surface area contributed by atoms with Gasteiger partial charge in [0.1, 0.15) is 0 Å². The fraction of sp³-hybridized carbons (Fsp3) is 0.941. The predicted octanol–water partition coefficient (Wildman–Crippen LogP) is 2.85. The molecule has 1 fully saturated rings. The van der Waals surface area contributed by atoms with Gasteiger partial charge >= 0.3 is 0 Å². The van der Waals surface area contributed by atoms with Crippen LogP contribution in [0, 0.1) is 5.92 Å². The van der Waals surface area contributed by atoms with Crippen LogP contribution in [0.4, 0.5) is 0 Å². The Bertz CT molecular complexity index is 291. The molecule has 2 N–H and O–H groups in total. The van der Waals surface area contributed by atoms with Crippen LogP contribution < -0.4 is 10.6 Å². The Labute approximate surface area is 131 Å². The van der Waals surface area contributed by atoms with Crippen molar-refractivity contribution in [3.8, 4) is 0 Å². The normalized spacial score (nSPS) is 22.1. The SMILES string of the molecule is CCCCCCC(C)NC(=NC)NCC1CCCN(C)C1. The van der Waals surface area contributed by atoms with Gasteiger partial charge in [-0.1, -0.05) is 32.6 Å². The quantitative estimate of drug-likeness (QED) is 0.411. The van der Waals surface area contributed by atoms with Crippen molar-refractivity contribution in [1.29, 1.82) is 0 Å². The molecule has 0 aromatic rings. The Morgan fingerprint density at radius 2 is 2.14 bits per heavy atom. The first-order chi connectivity index (χ1) is 10.2. The van der Waals surface area contributed by atoms with Gasteiger partial charge in [-0.3, -0.25) is 4.99 Å². The van der Waals surface area contributed by atoms with E-state index in [1.165, 1.54) is 58.0 Å². The zero-order chi connectivity index (χ0) is 15.5. The molecule has 2 unspecified atom stereocenters. The number of nitrogens with zero attached hydrogens (tertiary/aromatic N) is 2. The Kier molecular flexibility index (Phi) is 9.48. The monoisotopic (exact) mass is 296 g/mol. The highest BCUT2D eigenvalue weighted by molar-refractivity contribution is 5.79. The fourth-order valence-electron chi connectivity index (χ4n) is 3.06. The van der Waals surface area contributed by atoms with Crippen molar-refractivity contribution in [2.24, 2.45) is 10.9 Å². The number of likely N-dealkylation sites (tertiary alicyclic amines) is 1. The summed E-state index contributed by atoms with van der Waals surface area (Å²) in [4.78, 5) is 6.79. The third kappa shape index (κ3) is 8.30. The molecule has 0 aliphatic carbocycles. The Morgan fingerprint density at radius 3 is 2.81 bits per heavy atom. The van der Waals surface area contributed by atoms with Crippen molar-refractivity contribution in [2.45, 2.75) is 64.8 Å². The van der Waals surface area contributed by atoms with Crippen molar-refractivity contribution in [2.75, 3.05) is 33.7 Å². The van der Waals surface area contributed by atoms with Gasteiger partial charge in [0.25, 0.3) is 0 Å². The highest BCUT2D eigenvalue weighted by Crippen LogP contribution is 2.13.